The quantitative estimate of drug-likeness (QED) is 0.603. The normalized spacial score (nSPS) is 14.2. The third kappa shape index (κ3) is 3.96. The number of rotatable bonds is 6. The highest BCUT2D eigenvalue weighted by atomic mass is 32.1. The van der Waals surface area contributed by atoms with Crippen LogP contribution in [0.4, 0.5) is 5.69 Å². The molecule has 1 aliphatic heterocycles. The minimum atomic E-state index is 0.660. The zero-order chi connectivity index (χ0) is 18.6. The molecule has 0 N–H and O–H groups in total. The van der Waals surface area contributed by atoms with Gasteiger partial charge in [0.2, 0.25) is 4.77 Å². The average Bonchev–Trinajstić information content (AvgIpc) is 3.34. The number of para-hydroxylation sites is 2. The number of hydrogen-bond acceptors (Lipinski definition) is 4. The van der Waals surface area contributed by atoms with E-state index in [1.165, 1.54) is 24.1 Å². The van der Waals surface area contributed by atoms with Crippen molar-refractivity contribution in [1.82, 2.24) is 19.2 Å². The summed E-state index contributed by atoms with van der Waals surface area (Å²) in [6.45, 7) is 3.85. The first-order chi connectivity index (χ1) is 13.2. The summed E-state index contributed by atoms with van der Waals surface area (Å²) in [5.74, 6) is 0. The third-order valence-electron chi connectivity index (χ3n) is 5.02. The molecule has 0 unspecified atom stereocenters. The molecule has 6 heteroatoms. The Balaban J connectivity index is 1.49. The molecule has 27 heavy (non-hydrogen) atoms. The molecule has 1 fully saturated rings. The third-order valence-corrected chi connectivity index (χ3v) is 5.43. The van der Waals surface area contributed by atoms with E-state index in [0.717, 1.165) is 25.3 Å². The Morgan fingerprint density at radius 1 is 1.00 bits per heavy atom. The molecule has 1 aliphatic rings. The van der Waals surface area contributed by atoms with Gasteiger partial charge in [-0.15, -0.1) is 0 Å². The largest absolute Gasteiger partial charge is 0.371 e. The molecule has 0 aliphatic carbocycles. The van der Waals surface area contributed by atoms with Gasteiger partial charge in [0.05, 0.1) is 6.67 Å². The SMILES string of the molecule is CN(Cc1ccccc1N1CCCC1)Cn1ncn(-c2ccccc2)c1=S. The molecule has 0 amide bonds. The van der Waals surface area contributed by atoms with Gasteiger partial charge in [-0.3, -0.25) is 9.47 Å². The lowest BCUT2D eigenvalue weighted by molar-refractivity contribution is 0.244. The number of hydrogen-bond donors (Lipinski definition) is 0. The zero-order valence-corrected chi connectivity index (χ0v) is 16.5. The van der Waals surface area contributed by atoms with Gasteiger partial charge in [-0.2, -0.15) is 5.10 Å². The maximum Gasteiger partial charge on any atom is 0.203 e. The van der Waals surface area contributed by atoms with Crippen molar-refractivity contribution in [3.63, 3.8) is 0 Å². The van der Waals surface area contributed by atoms with Gasteiger partial charge >= 0.3 is 0 Å². The van der Waals surface area contributed by atoms with Gasteiger partial charge in [0.1, 0.15) is 6.33 Å². The van der Waals surface area contributed by atoms with Crippen molar-refractivity contribution in [2.24, 2.45) is 0 Å². The molecule has 2 heterocycles. The second-order valence-corrected chi connectivity index (χ2v) is 7.46. The minimum absolute atomic E-state index is 0.660. The highest BCUT2D eigenvalue weighted by Crippen LogP contribution is 2.25. The highest BCUT2D eigenvalue weighted by molar-refractivity contribution is 7.71. The number of nitrogens with zero attached hydrogens (tertiary/aromatic N) is 5. The van der Waals surface area contributed by atoms with Crippen LogP contribution >= 0.6 is 12.2 Å². The molecule has 0 saturated carbocycles. The van der Waals surface area contributed by atoms with Crippen LogP contribution in [-0.4, -0.2) is 39.4 Å². The summed E-state index contributed by atoms with van der Waals surface area (Å²) >= 11 is 5.63. The van der Waals surface area contributed by atoms with Crippen LogP contribution in [-0.2, 0) is 13.2 Å². The maximum atomic E-state index is 5.63. The number of benzene rings is 2. The molecule has 4 rings (SSSR count). The molecule has 1 saturated heterocycles. The molecule has 0 bridgehead atoms. The lowest BCUT2D eigenvalue weighted by Gasteiger charge is -2.24. The van der Waals surface area contributed by atoms with E-state index in [9.17, 15) is 0 Å². The van der Waals surface area contributed by atoms with E-state index in [-0.39, 0.29) is 0 Å². The van der Waals surface area contributed by atoms with Gasteiger partial charge in [-0.1, -0.05) is 36.4 Å². The minimum Gasteiger partial charge on any atom is -0.371 e. The lowest BCUT2D eigenvalue weighted by Crippen LogP contribution is -2.25. The topological polar surface area (TPSA) is 29.2 Å². The number of aromatic nitrogens is 3. The standard InChI is InChI=1S/C21H25N5S/c1-23(15-18-9-5-6-12-20(18)24-13-7-8-14-24)17-26-21(27)25(16-22-26)19-10-3-2-4-11-19/h2-6,9-12,16H,7-8,13-15,17H2,1H3. The van der Waals surface area contributed by atoms with E-state index < -0.39 is 0 Å². The van der Waals surface area contributed by atoms with Crippen molar-refractivity contribution in [1.29, 1.82) is 0 Å². The summed E-state index contributed by atoms with van der Waals surface area (Å²) < 4.78 is 4.53. The zero-order valence-electron chi connectivity index (χ0n) is 15.7. The van der Waals surface area contributed by atoms with Gasteiger partial charge in [-0.05, 0) is 55.9 Å². The van der Waals surface area contributed by atoms with Crippen molar-refractivity contribution in [2.75, 3.05) is 25.0 Å². The van der Waals surface area contributed by atoms with Crippen molar-refractivity contribution < 1.29 is 0 Å². The average molecular weight is 380 g/mol. The predicted molar refractivity (Wildman–Crippen MR) is 112 cm³/mol. The molecule has 1 aromatic heterocycles. The Hall–Kier alpha value is -2.44. The molecule has 0 radical (unpaired) electrons. The lowest BCUT2D eigenvalue weighted by atomic mass is 10.1. The van der Waals surface area contributed by atoms with E-state index in [0.29, 0.717) is 11.4 Å². The van der Waals surface area contributed by atoms with Gasteiger partial charge in [0.25, 0.3) is 0 Å². The fourth-order valence-electron chi connectivity index (χ4n) is 3.68. The van der Waals surface area contributed by atoms with Crippen molar-refractivity contribution >= 4 is 17.9 Å². The molecule has 0 atom stereocenters. The maximum absolute atomic E-state index is 5.63. The second-order valence-electron chi connectivity index (χ2n) is 7.10. The molecule has 2 aromatic carbocycles. The van der Waals surface area contributed by atoms with Crippen LogP contribution in [0.5, 0.6) is 0 Å². The first kappa shape index (κ1) is 17.9. The Bertz CT molecular complexity index is 940. The van der Waals surface area contributed by atoms with Crippen LogP contribution in [0.1, 0.15) is 18.4 Å². The Kier molecular flexibility index (Phi) is 5.36. The highest BCUT2D eigenvalue weighted by Gasteiger charge is 2.16. The Labute approximate surface area is 165 Å². The van der Waals surface area contributed by atoms with Crippen LogP contribution in [0.3, 0.4) is 0 Å². The first-order valence-electron chi connectivity index (χ1n) is 9.43. The summed E-state index contributed by atoms with van der Waals surface area (Å²) in [6.07, 6.45) is 4.37. The van der Waals surface area contributed by atoms with Crippen molar-refractivity contribution in [3.05, 3.63) is 71.3 Å². The Morgan fingerprint density at radius 3 is 2.48 bits per heavy atom. The molecular weight excluding hydrogens is 354 g/mol. The van der Waals surface area contributed by atoms with Crippen LogP contribution in [0.15, 0.2) is 60.9 Å². The van der Waals surface area contributed by atoms with Gasteiger partial charge in [0.15, 0.2) is 0 Å². The van der Waals surface area contributed by atoms with Crippen LogP contribution in [0.2, 0.25) is 0 Å². The van der Waals surface area contributed by atoms with Gasteiger partial charge in [0, 0.05) is 31.0 Å². The van der Waals surface area contributed by atoms with E-state index in [4.69, 9.17) is 12.2 Å². The fourth-order valence-corrected chi connectivity index (χ4v) is 3.94. The summed E-state index contributed by atoms with van der Waals surface area (Å²) in [7, 11) is 2.12. The summed E-state index contributed by atoms with van der Waals surface area (Å²) in [6, 6.07) is 18.8. The molecule has 5 nitrogen and oxygen atoms in total. The fraction of sp³-hybridized carbons (Fsp3) is 0.333. The summed E-state index contributed by atoms with van der Waals surface area (Å²) in [4.78, 5) is 4.76. The molecular formula is C21H25N5S. The smallest absolute Gasteiger partial charge is 0.203 e. The molecule has 0 spiro atoms. The van der Waals surface area contributed by atoms with Gasteiger partial charge < -0.3 is 4.90 Å². The summed E-state index contributed by atoms with van der Waals surface area (Å²) in [5, 5.41) is 4.50. The van der Waals surface area contributed by atoms with E-state index in [2.05, 4.69) is 46.2 Å². The van der Waals surface area contributed by atoms with Crippen LogP contribution in [0, 0.1) is 4.77 Å². The summed E-state index contributed by atoms with van der Waals surface area (Å²) in [5.41, 5.74) is 3.76. The first-order valence-corrected chi connectivity index (χ1v) is 9.84. The molecule has 3 aromatic rings. The van der Waals surface area contributed by atoms with E-state index in [1.54, 1.807) is 6.33 Å². The van der Waals surface area contributed by atoms with Crippen molar-refractivity contribution in [2.45, 2.75) is 26.1 Å². The molecule has 140 valence electrons. The monoisotopic (exact) mass is 379 g/mol. The second kappa shape index (κ2) is 8.06. The Morgan fingerprint density at radius 2 is 1.70 bits per heavy atom. The van der Waals surface area contributed by atoms with Crippen LogP contribution < -0.4 is 4.90 Å². The predicted octanol–water partition coefficient (Wildman–Crippen LogP) is 4.09. The van der Waals surface area contributed by atoms with Crippen LogP contribution in [0.25, 0.3) is 5.69 Å². The van der Waals surface area contributed by atoms with Gasteiger partial charge in [-0.25, -0.2) is 4.68 Å². The van der Waals surface area contributed by atoms with E-state index in [1.807, 2.05) is 39.6 Å². The van der Waals surface area contributed by atoms with Crippen molar-refractivity contribution in [3.8, 4) is 5.69 Å². The van der Waals surface area contributed by atoms with E-state index >= 15 is 0 Å². The number of anilines is 1.